The number of nitrogens with zero attached hydrogens (tertiary/aromatic N) is 2. The molecule has 1 N–H and O–H groups in total. The van der Waals surface area contributed by atoms with Gasteiger partial charge < -0.3 is 9.84 Å². The first-order valence-corrected chi connectivity index (χ1v) is 5.89. The second-order valence-corrected chi connectivity index (χ2v) is 4.07. The summed E-state index contributed by atoms with van der Waals surface area (Å²) in [6.45, 7) is 1.85. The molecule has 0 bridgehead atoms. The molecule has 0 spiro atoms. The summed E-state index contributed by atoms with van der Waals surface area (Å²) in [7, 11) is 0. The van der Waals surface area contributed by atoms with Crippen molar-refractivity contribution in [2.75, 3.05) is 0 Å². The fourth-order valence-electron chi connectivity index (χ4n) is 1.70. The maximum atomic E-state index is 10.8. The Kier molecular flexibility index (Phi) is 4.07. The molecule has 0 aliphatic rings. The van der Waals surface area contributed by atoms with Crippen molar-refractivity contribution in [1.82, 2.24) is 9.97 Å². The van der Waals surface area contributed by atoms with E-state index in [9.17, 15) is 4.79 Å². The Bertz CT molecular complexity index is 558. The van der Waals surface area contributed by atoms with E-state index in [-0.39, 0.29) is 12.5 Å². The van der Waals surface area contributed by atoms with E-state index in [0.29, 0.717) is 17.0 Å². The summed E-state index contributed by atoms with van der Waals surface area (Å²) in [6.07, 6.45) is 4.46. The molecular formula is C14H14N2O3. The summed E-state index contributed by atoms with van der Waals surface area (Å²) < 4.78 is 5.77. The highest BCUT2D eigenvalue weighted by molar-refractivity contribution is 5.71. The van der Waals surface area contributed by atoms with Crippen LogP contribution >= 0.6 is 0 Å². The first kappa shape index (κ1) is 13.0. The molecule has 1 aromatic heterocycles. The largest absolute Gasteiger partial charge is 0.484 e. The Morgan fingerprint density at radius 2 is 2.16 bits per heavy atom. The van der Waals surface area contributed by atoms with Gasteiger partial charge in [-0.3, -0.25) is 14.8 Å². The number of hydrogen-bond donors (Lipinski definition) is 1. The summed E-state index contributed by atoms with van der Waals surface area (Å²) in [5, 5.41) is 8.86. The average Bonchev–Trinajstić information content (AvgIpc) is 2.41. The fraction of sp³-hybridized carbons (Fsp3) is 0.214. The lowest BCUT2D eigenvalue weighted by Gasteiger charge is -2.16. The van der Waals surface area contributed by atoms with Gasteiger partial charge in [0.15, 0.2) is 0 Å². The van der Waals surface area contributed by atoms with E-state index in [1.54, 1.807) is 36.8 Å². The van der Waals surface area contributed by atoms with Gasteiger partial charge in [0.25, 0.3) is 0 Å². The van der Waals surface area contributed by atoms with Gasteiger partial charge in [0.2, 0.25) is 0 Å². The summed E-state index contributed by atoms with van der Waals surface area (Å²) in [5.41, 5.74) is 1.35. The van der Waals surface area contributed by atoms with Crippen LogP contribution in [-0.4, -0.2) is 21.0 Å². The van der Waals surface area contributed by atoms with Crippen molar-refractivity contribution < 1.29 is 14.6 Å². The molecule has 0 saturated carbocycles. The first-order valence-electron chi connectivity index (χ1n) is 5.89. The van der Waals surface area contributed by atoms with Crippen LogP contribution in [0, 0.1) is 0 Å². The predicted molar refractivity (Wildman–Crippen MR) is 68.9 cm³/mol. The maximum absolute atomic E-state index is 10.8. The number of aromatic nitrogens is 2. The zero-order valence-electron chi connectivity index (χ0n) is 10.5. The zero-order valence-corrected chi connectivity index (χ0v) is 10.5. The van der Waals surface area contributed by atoms with Gasteiger partial charge in [-0.05, 0) is 13.0 Å². The highest BCUT2D eigenvalue weighted by Gasteiger charge is 2.12. The normalized spacial score (nSPS) is 11.8. The van der Waals surface area contributed by atoms with Crippen LogP contribution in [0.2, 0.25) is 0 Å². The van der Waals surface area contributed by atoms with Crippen LogP contribution in [0.3, 0.4) is 0 Å². The number of carboxylic acid groups (broad SMARTS) is 1. The van der Waals surface area contributed by atoms with Crippen molar-refractivity contribution in [1.29, 1.82) is 0 Å². The Morgan fingerprint density at radius 1 is 1.37 bits per heavy atom. The molecule has 1 heterocycles. The fourth-order valence-corrected chi connectivity index (χ4v) is 1.70. The van der Waals surface area contributed by atoms with E-state index in [2.05, 4.69) is 9.97 Å². The lowest BCUT2D eigenvalue weighted by Crippen LogP contribution is -2.08. The van der Waals surface area contributed by atoms with Crippen molar-refractivity contribution in [3.8, 4) is 5.75 Å². The molecule has 0 fully saturated rings. The molecule has 5 heteroatoms. The number of para-hydroxylation sites is 1. The van der Waals surface area contributed by atoms with Crippen LogP contribution in [0.25, 0.3) is 0 Å². The summed E-state index contributed by atoms with van der Waals surface area (Å²) >= 11 is 0. The third-order valence-corrected chi connectivity index (χ3v) is 2.62. The second-order valence-electron chi connectivity index (χ2n) is 4.07. The van der Waals surface area contributed by atoms with E-state index in [4.69, 9.17) is 9.84 Å². The molecule has 1 aromatic carbocycles. The first-order chi connectivity index (χ1) is 9.16. The summed E-state index contributed by atoms with van der Waals surface area (Å²) in [4.78, 5) is 18.9. The summed E-state index contributed by atoms with van der Waals surface area (Å²) in [6, 6.07) is 7.10. The Balaban J connectivity index is 2.17. The van der Waals surface area contributed by atoms with Crippen molar-refractivity contribution in [2.45, 2.75) is 19.4 Å². The van der Waals surface area contributed by atoms with Gasteiger partial charge in [0.1, 0.15) is 11.9 Å². The molecule has 0 aliphatic carbocycles. The van der Waals surface area contributed by atoms with Crippen molar-refractivity contribution in [3.05, 3.63) is 54.1 Å². The summed E-state index contributed by atoms with van der Waals surface area (Å²) in [5.74, 6) is -0.328. The van der Waals surface area contributed by atoms with Crippen LogP contribution in [0.5, 0.6) is 5.75 Å². The van der Waals surface area contributed by atoms with E-state index in [0.717, 1.165) is 0 Å². The number of aliphatic carboxylic acids is 1. The Hall–Kier alpha value is -2.43. The van der Waals surface area contributed by atoms with Crippen LogP contribution < -0.4 is 4.74 Å². The molecule has 5 nitrogen and oxygen atoms in total. The van der Waals surface area contributed by atoms with Gasteiger partial charge in [0.05, 0.1) is 18.3 Å². The topological polar surface area (TPSA) is 72.3 Å². The Morgan fingerprint density at radius 3 is 2.84 bits per heavy atom. The number of carboxylic acids is 1. The molecule has 19 heavy (non-hydrogen) atoms. The van der Waals surface area contributed by atoms with Gasteiger partial charge in [-0.2, -0.15) is 0 Å². The van der Waals surface area contributed by atoms with Crippen LogP contribution in [0.4, 0.5) is 0 Å². The molecule has 1 unspecified atom stereocenters. The molecule has 2 rings (SSSR count). The standard InChI is InChI=1S/C14H14N2O3/c1-10(12-9-15-6-7-16-12)19-13-5-3-2-4-11(13)8-14(17)18/h2-7,9-10H,8H2,1H3,(H,17,18). The quantitative estimate of drug-likeness (QED) is 0.890. The van der Waals surface area contributed by atoms with E-state index < -0.39 is 5.97 Å². The van der Waals surface area contributed by atoms with Gasteiger partial charge in [-0.25, -0.2) is 0 Å². The number of rotatable bonds is 5. The van der Waals surface area contributed by atoms with Gasteiger partial charge in [-0.15, -0.1) is 0 Å². The number of hydrogen-bond acceptors (Lipinski definition) is 4. The lowest BCUT2D eigenvalue weighted by molar-refractivity contribution is -0.136. The highest BCUT2D eigenvalue weighted by atomic mass is 16.5. The molecule has 0 saturated heterocycles. The minimum atomic E-state index is -0.886. The van der Waals surface area contributed by atoms with Crippen molar-refractivity contribution in [2.24, 2.45) is 0 Å². The average molecular weight is 258 g/mol. The second kappa shape index (κ2) is 5.95. The zero-order chi connectivity index (χ0) is 13.7. The smallest absolute Gasteiger partial charge is 0.307 e. The molecule has 0 radical (unpaired) electrons. The van der Waals surface area contributed by atoms with Gasteiger partial charge >= 0.3 is 5.97 Å². The van der Waals surface area contributed by atoms with E-state index in [1.165, 1.54) is 0 Å². The van der Waals surface area contributed by atoms with Crippen LogP contribution in [0.1, 0.15) is 24.3 Å². The van der Waals surface area contributed by atoms with Crippen molar-refractivity contribution >= 4 is 5.97 Å². The monoisotopic (exact) mass is 258 g/mol. The molecule has 98 valence electrons. The van der Waals surface area contributed by atoms with Crippen LogP contribution in [0.15, 0.2) is 42.9 Å². The predicted octanol–water partition coefficient (Wildman–Crippen LogP) is 2.24. The SMILES string of the molecule is CC(Oc1ccccc1CC(=O)O)c1cnccn1. The third kappa shape index (κ3) is 3.51. The molecule has 2 aromatic rings. The third-order valence-electron chi connectivity index (χ3n) is 2.62. The number of carbonyl (C=O) groups is 1. The van der Waals surface area contributed by atoms with Gasteiger partial charge in [0, 0.05) is 18.0 Å². The Labute approximate surface area is 110 Å². The van der Waals surface area contributed by atoms with Crippen LogP contribution in [-0.2, 0) is 11.2 Å². The molecule has 0 aliphatic heterocycles. The van der Waals surface area contributed by atoms with Crippen molar-refractivity contribution in [3.63, 3.8) is 0 Å². The van der Waals surface area contributed by atoms with E-state index in [1.807, 2.05) is 13.0 Å². The lowest BCUT2D eigenvalue weighted by atomic mass is 10.1. The van der Waals surface area contributed by atoms with E-state index >= 15 is 0 Å². The number of ether oxygens (including phenoxy) is 1. The van der Waals surface area contributed by atoms with Gasteiger partial charge in [-0.1, -0.05) is 18.2 Å². The molecule has 0 amide bonds. The highest BCUT2D eigenvalue weighted by Crippen LogP contribution is 2.24. The minimum absolute atomic E-state index is 0.0661. The molecule has 1 atom stereocenters. The number of benzene rings is 1. The minimum Gasteiger partial charge on any atom is -0.484 e. The molecular weight excluding hydrogens is 244 g/mol. The maximum Gasteiger partial charge on any atom is 0.307 e.